The smallest absolute Gasteiger partial charge is 0.245 e. The number of piperazine rings is 1. The van der Waals surface area contributed by atoms with Crippen molar-refractivity contribution < 1.29 is 14.4 Å². The molecule has 0 aromatic heterocycles. The first-order chi connectivity index (χ1) is 18.4. The summed E-state index contributed by atoms with van der Waals surface area (Å²) < 4.78 is 0. The molecule has 2 heterocycles. The maximum atomic E-state index is 13.8. The molecule has 1 unspecified atom stereocenters. The third-order valence-electron chi connectivity index (χ3n) is 7.96. The lowest BCUT2D eigenvalue weighted by Gasteiger charge is -2.47. The molecule has 0 bridgehead atoms. The van der Waals surface area contributed by atoms with E-state index in [9.17, 15) is 14.4 Å². The van der Waals surface area contributed by atoms with Crippen molar-refractivity contribution in [3.8, 4) is 0 Å². The standard InChI is InChI=1S/C29H47ClN6O3/c1-21(2)20-36(25-11-13-33(14-12-25)22(3)37)35-17-15-34(16-18-35)27(38)26(32-28(39)29(4,5)31-6)19-23-7-9-24(30)10-8-23/h7-10,21,25-26,31H,11-20H2,1-6H3,(H,32,39). The van der Waals surface area contributed by atoms with Gasteiger partial charge in [0.2, 0.25) is 17.7 Å². The maximum Gasteiger partial charge on any atom is 0.245 e. The molecule has 3 rings (SSSR count). The molecule has 1 aromatic carbocycles. The van der Waals surface area contributed by atoms with Gasteiger partial charge in [0.1, 0.15) is 6.04 Å². The van der Waals surface area contributed by atoms with Gasteiger partial charge in [-0.05, 0) is 57.4 Å². The number of amides is 3. The van der Waals surface area contributed by atoms with Gasteiger partial charge >= 0.3 is 0 Å². The van der Waals surface area contributed by atoms with Crippen molar-refractivity contribution in [2.24, 2.45) is 5.92 Å². The Kier molecular flexibility index (Phi) is 11.2. The van der Waals surface area contributed by atoms with Gasteiger partial charge < -0.3 is 20.4 Å². The molecule has 2 N–H and O–H groups in total. The molecule has 1 aromatic rings. The van der Waals surface area contributed by atoms with Gasteiger partial charge in [0.05, 0.1) is 5.54 Å². The number of hydrazine groups is 1. The highest BCUT2D eigenvalue weighted by atomic mass is 35.5. The van der Waals surface area contributed by atoms with Gasteiger partial charge in [0.25, 0.3) is 0 Å². The molecule has 0 spiro atoms. The topological polar surface area (TPSA) is 88.2 Å². The van der Waals surface area contributed by atoms with Gasteiger partial charge in [-0.25, -0.2) is 10.0 Å². The van der Waals surface area contributed by atoms with Crippen LogP contribution in [0.5, 0.6) is 0 Å². The first-order valence-corrected chi connectivity index (χ1v) is 14.6. The molecule has 9 nitrogen and oxygen atoms in total. The normalized spacial score (nSPS) is 18.5. The fourth-order valence-electron chi connectivity index (χ4n) is 5.25. The second kappa shape index (κ2) is 13.9. The van der Waals surface area contributed by atoms with Crippen LogP contribution in [0.2, 0.25) is 5.02 Å². The van der Waals surface area contributed by atoms with Gasteiger partial charge in [-0.3, -0.25) is 14.4 Å². The van der Waals surface area contributed by atoms with Crippen LogP contribution in [0.15, 0.2) is 24.3 Å². The van der Waals surface area contributed by atoms with Crippen LogP contribution in [0.25, 0.3) is 0 Å². The summed E-state index contributed by atoms with van der Waals surface area (Å²) in [5.41, 5.74) is 0.144. The first-order valence-electron chi connectivity index (χ1n) is 14.2. The van der Waals surface area contributed by atoms with E-state index in [-0.39, 0.29) is 17.7 Å². The van der Waals surface area contributed by atoms with E-state index in [1.807, 2.05) is 21.9 Å². The molecule has 0 radical (unpaired) electrons. The zero-order valence-electron chi connectivity index (χ0n) is 24.5. The summed E-state index contributed by atoms with van der Waals surface area (Å²) in [6.07, 6.45) is 2.32. The van der Waals surface area contributed by atoms with Crippen molar-refractivity contribution in [2.45, 2.75) is 71.5 Å². The number of nitrogens with zero attached hydrogens (tertiary/aromatic N) is 4. The monoisotopic (exact) mass is 562 g/mol. The van der Waals surface area contributed by atoms with Crippen LogP contribution in [-0.2, 0) is 20.8 Å². The number of carbonyl (C=O) groups is 3. The van der Waals surface area contributed by atoms with E-state index in [0.29, 0.717) is 36.5 Å². The molecule has 2 aliphatic heterocycles. The number of piperidine rings is 1. The predicted octanol–water partition coefficient (Wildman–Crippen LogP) is 2.39. The number of carbonyl (C=O) groups excluding carboxylic acids is 3. The molecule has 0 saturated carbocycles. The van der Waals surface area contributed by atoms with Crippen LogP contribution in [0.4, 0.5) is 0 Å². The number of likely N-dealkylation sites (tertiary alicyclic amines) is 1. The second-order valence-electron chi connectivity index (χ2n) is 11.8. The first kappa shape index (κ1) is 31.3. The van der Waals surface area contributed by atoms with Crippen molar-refractivity contribution >= 4 is 29.3 Å². The van der Waals surface area contributed by atoms with Crippen LogP contribution >= 0.6 is 11.6 Å². The zero-order valence-corrected chi connectivity index (χ0v) is 25.3. The predicted molar refractivity (Wildman–Crippen MR) is 155 cm³/mol. The molecule has 10 heteroatoms. The van der Waals surface area contributed by atoms with E-state index in [2.05, 4.69) is 34.5 Å². The Labute approximate surface area is 239 Å². The Hall–Kier alpha value is -2.20. The summed E-state index contributed by atoms with van der Waals surface area (Å²) >= 11 is 6.06. The van der Waals surface area contributed by atoms with Crippen LogP contribution in [0, 0.1) is 5.92 Å². The Morgan fingerprint density at radius 1 is 1.00 bits per heavy atom. The minimum atomic E-state index is -0.799. The largest absolute Gasteiger partial charge is 0.343 e. The van der Waals surface area contributed by atoms with Crippen LogP contribution in [0.3, 0.4) is 0 Å². The number of hydrogen-bond acceptors (Lipinski definition) is 6. The van der Waals surface area contributed by atoms with Crippen molar-refractivity contribution in [3.05, 3.63) is 34.9 Å². The van der Waals surface area contributed by atoms with Gasteiger partial charge in [-0.15, -0.1) is 0 Å². The van der Waals surface area contributed by atoms with Crippen LogP contribution in [0.1, 0.15) is 53.0 Å². The Balaban J connectivity index is 1.68. The van der Waals surface area contributed by atoms with E-state index < -0.39 is 11.6 Å². The minimum absolute atomic E-state index is 0.0602. The highest BCUT2D eigenvalue weighted by Crippen LogP contribution is 2.22. The Morgan fingerprint density at radius 2 is 1.59 bits per heavy atom. The molecular formula is C29H47ClN6O3. The summed E-state index contributed by atoms with van der Waals surface area (Å²) in [6, 6.07) is 7.14. The molecule has 218 valence electrons. The third-order valence-corrected chi connectivity index (χ3v) is 8.22. The number of benzene rings is 1. The summed E-state index contributed by atoms with van der Waals surface area (Å²) in [7, 11) is 1.74. The molecule has 1 atom stereocenters. The highest BCUT2D eigenvalue weighted by Gasteiger charge is 2.36. The molecule has 0 aliphatic carbocycles. The summed E-state index contributed by atoms with van der Waals surface area (Å²) in [5, 5.41) is 11.6. The van der Waals surface area contributed by atoms with Gasteiger partial charge in [-0.2, -0.15) is 0 Å². The average Bonchev–Trinajstić information content (AvgIpc) is 2.92. The molecule has 2 fully saturated rings. The number of halogens is 1. The number of hydrogen-bond donors (Lipinski definition) is 2. The number of likely N-dealkylation sites (N-methyl/N-ethyl adjacent to an activating group) is 1. The van der Waals surface area contributed by atoms with Gasteiger partial charge in [0, 0.05) is 70.2 Å². The van der Waals surface area contributed by atoms with Crippen LogP contribution in [-0.4, -0.2) is 108 Å². The number of rotatable bonds is 10. The Bertz CT molecular complexity index is 970. The van der Waals surface area contributed by atoms with E-state index in [1.54, 1.807) is 40.0 Å². The van der Waals surface area contributed by atoms with Crippen LogP contribution < -0.4 is 10.6 Å². The quantitative estimate of drug-likeness (QED) is 0.455. The van der Waals surface area contributed by atoms with Gasteiger partial charge in [0.15, 0.2) is 0 Å². The van der Waals surface area contributed by atoms with Crippen molar-refractivity contribution in [1.82, 2.24) is 30.5 Å². The van der Waals surface area contributed by atoms with E-state index in [4.69, 9.17) is 11.6 Å². The lowest BCUT2D eigenvalue weighted by atomic mass is 10.0. The van der Waals surface area contributed by atoms with Gasteiger partial charge in [-0.1, -0.05) is 37.6 Å². The summed E-state index contributed by atoms with van der Waals surface area (Å²) in [4.78, 5) is 42.4. The molecule has 2 saturated heterocycles. The third kappa shape index (κ3) is 8.64. The maximum absolute atomic E-state index is 13.8. The number of nitrogens with one attached hydrogen (secondary N) is 2. The average molecular weight is 563 g/mol. The SMILES string of the molecule is CNC(C)(C)C(=O)NC(Cc1ccc(Cl)cc1)C(=O)N1CCN(N(CC(C)C)C2CCN(C(C)=O)CC2)CC1. The van der Waals surface area contributed by atoms with Crippen molar-refractivity contribution in [1.29, 1.82) is 0 Å². The van der Waals surface area contributed by atoms with Crippen molar-refractivity contribution in [2.75, 3.05) is 52.9 Å². The molecule has 3 amide bonds. The lowest BCUT2D eigenvalue weighted by molar-refractivity contribution is -0.146. The molecular weight excluding hydrogens is 516 g/mol. The lowest BCUT2D eigenvalue weighted by Crippen LogP contribution is -2.62. The fourth-order valence-corrected chi connectivity index (χ4v) is 5.38. The minimum Gasteiger partial charge on any atom is -0.343 e. The highest BCUT2D eigenvalue weighted by molar-refractivity contribution is 6.30. The summed E-state index contributed by atoms with van der Waals surface area (Å²) in [6.45, 7) is 14.9. The Morgan fingerprint density at radius 3 is 2.10 bits per heavy atom. The zero-order chi connectivity index (χ0) is 28.7. The molecule has 39 heavy (non-hydrogen) atoms. The molecule has 2 aliphatic rings. The second-order valence-corrected chi connectivity index (χ2v) is 12.2. The van der Waals surface area contributed by atoms with Crippen molar-refractivity contribution in [3.63, 3.8) is 0 Å². The van der Waals surface area contributed by atoms with E-state index in [0.717, 1.165) is 51.1 Å². The summed E-state index contributed by atoms with van der Waals surface area (Å²) in [5.74, 6) is 0.380. The fraction of sp³-hybridized carbons (Fsp3) is 0.690. The van der Waals surface area contributed by atoms with E-state index in [1.165, 1.54) is 0 Å². The van der Waals surface area contributed by atoms with E-state index >= 15 is 0 Å².